The second kappa shape index (κ2) is 12.4. The number of nitrogens with zero attached hydrogens (tertiary/aromatic N) is 1. The van der Waals surface area contributed by atoms with Crippen LogP contribution in [0.15, 0.2) is 53.1 Å². The lowest BCUT2D eigenvalue weighted by molar-refractivity contribution is -0.122. The SMILES string of the molecule is CC/C=C(\C)C1=C(CO)C=CC(NC(=O)CN2CCC(Nc3ccc(Cl)cc3CO)CC2)C1. The van der Waals surface area contributed by atoms with Gasteiger partial charge in [-0.1, -0.05) is 42.3 Å². The molecule has 1 atom stereocenters. The van der Waals surface area contributed by atoms with E-state index in [2.05, 4.69) is 35.5 Å². The maximum atomic E-state index is 12.7. The summed E-state index contributed by atoms with van der Waals surface area (Å²) in [4.78, 5) is 14.9. The molecule has 0 radical (unpaired) electrons. The number of anilines is 1. The molecule has 1 heterocycles. The van der Waals surface area contributed by atoms with E-state index in [-0.39, 0.29) is 25.2 Å². The quantitative estimate of drug-likeness (QED) is 0.438. The van der Waals surface area contributed by atoms with Crippen LogP contribution in [0.25, 0.3) is 0 Å². The number of nitrogens with one attached hydrogen (secondary N) is 2. The van der Waals surface area contributed by atoms with Gasteiger partial charge in [0, 0.05) is 35.4 Å². The molecule has 3 rings (SSSR count). The van der Waals surface area contributed by atoms with Gasteiger partial charge in [-0.15, -0.1) is 0 Å². The molecule has 0 bridgehead atoms. The molecule has 1 aliphatic carbocycles. The first kappa shape index (κ1) is 25.5. The van der Waals surface area contributed by atoms with Gasteiger partial charge < -0.3 is 20.8 Å². The monoisotopic (exact) mass is 473 g/mol. The number of aliphatic hydroxyl groups excluding tert-OH is 2. The van der Waals surface area contributed by atoms with Crippen LogP contribution in [0, 0.1) is 0 Å². The van der Waals surface area contributed by atoms with E-state index in [9.17, 15) is 15.0 Å². The second-order valence-corrected chi connectivity index (χ2v) is 9.29. The summed E-state index contributed by atoms with van der Waals surface area (Å²) in [6.07, 6.45) is 9.59. The molecule has 1 amide bonds. The van der Waals surface area contributed by atoms with Crippen LogP contribution < -0.4 is 10.6 Å². The lowest BCUT2D eigenvalue weighted by Crippen LogP contribution is -2.46. The average molecular weight is 474 g/mol. The number of benzene rings is 1. The van der Waals surface area contributed by atoms with E-state index >= 15 is 0 Å². The number of piperidine rings is 1. The third-order valence-electron chi connectivity index (χ3n) is 6.40. The molecule has 180 valence electrons. The summed E-state index contributed by atoms with van der Waals surface area (Å²) >= 11 is 6.02. The lowest BCUT2D eigenvalue weighted by Gasteiger charge is -2.33. The Labute approximate surface area is 202 Å². The summed E-state index contributed by atoms with van der Waals surface area (Å²) in [5, 5.41) is 26.5. The van der Waals surface area contributed by atoms with E-state index < -0.39 is 0 Å². The van der Waals surface area contributed by atoms with Gasteiger partial charge in [-0.25, -0.2) is 0 Å². The smallest absolute Gasteiger partial charge is 0.234 e. The minimum absolute atomic E-state index is 0.0141. The molecule has 1 aromatic carbocycles. The highest BCUT2D eigenvalue weighted by molar-refractivity contribution is 6.30. The van der Waals surface area contributed by atoms with Crippen molar-refractivity contribution in [2.45, 2.75) is 58.2 Å². The predicted octanol–water partition coefficient (Wildman–Crippen LogP) is 3.80. The maximum Gasteiger partial charge on any atom is 0.234 e. The first-order valence-corrected chi connectivity index (χ1v) is 12.2. The molecule has 33 heavy (non-hydrogen) atoms. The van der Waals surface area contributed by atoms with Crippen molar-refractivity contribution in [2.75, 3.05) is 31.6 Å². The zero-order valence-electron chi connectivity index (χ0n) is 19.6. The van der Waals surface area contributed by atoms with Crippen LogP contribution in [0.4, 0.5) is 5.69 Å². The van der Waals surface area contributed by atoms with Crippen LogP contribution in [0.2, 0.25) is 5.02 Å². The van der Waals surface area contributed by atoms with Crippen molar-refractivity contribution in [3.05, 3.63) is 63.7 Å². The van der Waals surface area contributed by atoms with Gasteiger partial charge in [0.1, 0.15) is 0 Å². The maximum absolute atomic E-state index is 12.7. The van der Waals surface area contributed by atoms with Crippen LogP contribution >= 0.6 is 11.6 Å². The topological polar surface area (TPSA) is 84.8 Å². The van der Waals surface area contributed by atoms with Crippen LogP contribution in [0.3, 0.4) is 0 Å². The summed E-state index contributed by atoms with van der Waals surface area (Å²) in [6.45, 7) is 6.19. The number of likely N-dealkylation sites (tertiary alicyclic amines) is 1. The fourth-order valence-electron chi connectivity index (χ4n) is 4.59. The van der Waals surface area contributed by atoms with Crippen LogP contribution in [-0.4, -0.2) is 59.3 Å². The van der Waals surface area contributed by atoms with E-state index in [1.807, 2.05) is 24.3 Å². The highest BCUT2D eigenvalue weighted by Crippen LogP contribution is 2.26. The normalized spacial score (nSPS) is 20.3. The number of amides is 1. The lowest BCUT2D eigenvalue weighted by atomic mass is 9.89. The highest BCUT2D eigenvalue weighted by Gasteiger charge is 2.23. The average Bonchev–Trinajstić information content (AvgIpc) is 2.81. The molecule has 7 heteroatoms. The van der Waals surface area contributed by atoms with Crippen LogP contribution in [-0.2, 0) is 11.4 Å². The first-order chi connectivity index (χ1) is 15.9. The first-order valence-electron chi connectivity index (χ1n) is 11.8. The predicted molar refractivity (Wildman–Crippen MR) is 134 cm³/mol. The highest BCUT2D eigenvalue weighted by atomic mass is 35.5. The number of aliphatic hydroxyl groups is 2. The van der Waals surface area contributed by atoms with Crippen LogP contribution in [0.5, 0.6) is 0 Å². The van der Waals surface area contributed by atoms with Gasteiger partial charge in [-0.2, -0.15) is 0 Å². The summed E-state index contributed by atoms with van der Waals surface area (Å²) in [5.74, 6) is 0.0280. The van der Waals surface area contributed by atoms with Gasteiger partial charge in [-0.3, -0.25) is 9.69 Å². The second-order valence-electron chi connectivity index (χ2n) is 8.85. The summed E-state index contributed by atoms with van der Waals surface area (Å²) < 4.78 is 0. The Hall–Kier alpha value is -2.12. The van der Waals surface area contributed by atoms with E-state index in [1.54, 1.807) is 6.07 Å². The number of halogens is 1. The van der Waals surface area contributed by atoms with E-state index in [1.165, 1.54) is 5.57 Å². The van der Waals surface area contributed by atoms with Crippen molar-refractivity contribution in [2.24, 2.45) is 0 Å². The van der Waals surface area contributed by atoms with Crippen molar-refractivity contribution in [1.82, 2.24) is 10.2 Å². The fourth-order valence-corrected chi connectivity index (χ4v) is 4.78. The Balaban J connectivity index is 1.47. The molecule has 1 unspecified atom stereocenters. The molecule has 2 aliphatic rings. The van der Waals surface area contributed by atoms with E-state index in [4.69, 9.17) is 11.6 Å². The van der Waals surface area contributed by atoms with Gasteiger partial charge in [0.2, 0.25) is 5.91 Å². The molecule has 0 spiro atoms. The fraction of sp³-hybridized carbons (Fsp3) is 0.500. The molecule has 1 fully saturated rings. The van der Waals surface area contributed by atoms with Crippen molar-refractivity contribution >= 4 is 23.2 Å². The molecule has 1 saturated heterocycles. The van der Waals surface area contributed by atoms with Crippen molar-refractivity contribution in [3.8, 4) is 0 Å². The number of hydrogen-bond acceptors (Lipinski definition) is 5. The number of allylic oxidation sites excluding steroid dienone is 2. The summed E-state index contributed by atoms with van der Waals surface area (Å²) in [5.41, 5.74) is 4.95. The standard InChI is InChI=1S/C26H36ClN3O3/c1-3-4-18(2)24-14-23(7-5-19(24)16-31)29-26(33)15-30-11-9-22(10-12-30)28-25-8-6-21(27)13-20(25)17-32/h4-8,13,22-23,28,31-32H,3,9-12,14-17H2,1-2H3,(H,29,33)/b18-4+. The number of rotatable bonds is 9. The zero-order chi connectivity index (χ0) is 23.8. The zero-order valence-corrected chi connectivity index (χ0v) is 20.4. The third kappa shape index (κ3) is 7.18. The number of carbonyl (C=O) groups is 1. The molecule has 1 aliphatic heterocycles. The Morgan fingerprint density at radius 3 is 2.67 bits per heavy atom. The summed E-state index contributed by atoms with van der Waals surface area (Å²) in [7, 11) is 0. The largest absolute Gasteiger partial charge is 0.392 e. The molecule has 4 N–H and O–H groups in total. The Morgan fingerprint density at radius 2 is 2.00 bits per heavy atom. The van der Waals surface area contributed by atoms with Crippen molar-refractivity contribution in [1.29, 1.82) is 0 Å². The minimum atomic E-state index is -0.0536. The van der Waals surface area contributed by atoms with Gasteiger partial charge in [0.25, 0.3) is 0 Å². The van der Waals surface area contributed by atoms with Gasteiger partial charge in [0.15, 0.2) is 0 Å². The van der Waals surface area contributed by atoms with Crippen molar-refractivity contribution < 1.29 is 15.0 Å². The molecule has 0 saturated carbocycles. The van der Waals surface area contributed by atoms with Crippen LogP contribution in [0.1, 0.15) is 45.1 Å². The Kier molecular flexibility index (Phi) is 9.56. The number of carbonyl (C=O) groups excluding carboxylic acids is 1. The number of hydrogen-bond donors (Lipinski definition) is 4. The molecular formula is C26H36ClN3O3. The Bertz CT molecular complexity index is 917. The molecule has 0 aromatic heterocycles. The van der Waals surface area contributed by atoms with Gasteiger partial charge in [-0.05, 0) is 62.0 Å². The van der Waals surface area contributed by atoms with Gasteiger partial charge in [0.05, 0.1) is 25.8 Å². The minimum Gasteiger partial charge on any atom is -0.392 e. The van der Waals surface area contributed by atoms with E-state index in [0.717, 1.165) is 54.7 Å². The molecule has 6 nitrogen and oxygen atoms in total. The summed E-state index contributed by atoms with van der Waals surface area (Å²) in [6, 6.07) is 5.77. The van der Waals surface area contributed by atoms with Crippen molar-refractivity contribution in [3.63, 3.8) is 0 Å². The van der Waals surface area contributed by atoms with Gasteiger partial charge >= 0.3 is 0 Å². The Morgan fingerprint density at radius 1 is 1.24 bits per heavy atom. The third-order valence-corrected chi connectivity index (χ3v) is 6.63. The molecular weight excluding hydrogens is 438 g/mol. The van der Waals surface area contributed by atoms with E-state index in [0.29, 0.717) is 24.0 Å². The molecule has 1 aromatic rings.